The quantitative estimate of drug-likeness (QED) is 0.480. The van der Waals surface area contributed by atoms with Gasteiger partial charge in [0, 0.05) is 6.07 Å². The lowest BCUT2D eigenvalue weighted by Crippen LogP contribution is -2.46. The van der Waals surface area contributed by atoms with Crippen LogP contribution in [0.15, 0.2) is 88.5 Å². The van der Waals surface area contributed by atoms with E-state index in [1.807, 2.05) is 36.4 Å². The van der Waals surface area contributed by atoms with E-state index in [4.69, 9.17) is 0 Å². The Labute approximate surface area is 195 Å². The number of rotatable bonds is 6. The molecule has 1 N–H and O–H groups in total. The van der Waals surface area contributed by atoms with Crippen molar-refractivity contribution in [3.63, 3.8) is 0 Å². The van der Waals surface area contributed by atoms with Crippen molar-refractivity contribution in [1.82, 2.24) is 19.7 Å². The van der Waals surface area contributed by atoms with E-state index in [0.29, 0.717) is 11.1 Å². The van der Waals surface area contributed by atoms with E-state index in [1.165, 1.54) is 12.1 Å². The summed E-state index contributed by atoms with van der Waals surface area (Å²) in [6, 6.07) is 21.9. The van der Waals surface area contributed by atoms with Gasteiger partial charge in [-0.3, -0.25) is 14.2 Å². The van der Waals surface area contributed by atoms with Gasteiger partial charge in [0.25, 0.3) is 11.5 Å². The van der Waals surface area contributed by atoms with E-state index < -0.39 is 34.7 Å². The third-order valence-corrected chi connectivity index (χ3v) is 5.51. The number of hydrogen-bond donors (Lipinski definition) is 1. The summed E-state index contributed by atoms with van der Waals surface area (Å²) >= 11 is 0. The number of hydrogen-bond acceptors (Lipinski definition) is 4. The normalized spacial score (nSPS) is 11.7. The zero-order valence-corrected chi connectivity index (χ0v) is 18.7. The third kappa shape index (κ3) is 4.71. The highest BCUT2D eigenvalue weighted by atomic mass is 19.1. The van der Waals surface area contributed by atoms with Crippen LogP contribution in [0.1, 0.15) is 40.1 Å². The molecule has 1 aromatic heterocycles. The Morgan fingerprint density at radius 1 is 1.00 bits per heavy atom. The average Bonchev–Trinajstić information content (AvgIpc) is 2.85. The molecule has 7 nitrogen and oxygen atoms in total. The molecule has 8 heteroatoms. The van der Waals surface area contributed by atoms with Crippen molar-refractivity contribution >= 4 is 5.91 Å². The molecule has 1 amide bonds. The molecule has 0 aliphatic rings. The molecule has 0 fully saturated rings. The maximum absolute atomic E-state index is 14.3. The maximum Gasteiger partial charge on any atom is 0.352 e. The molecule has 34 heavy (non-hydrogen) atoms. The molecule has 4 aromatic rings. The highest BCUT2D eigenvalue weighted by Crippen LogP contribution is 2.13. The lowest BCUT2D eigenvalue weighted by molar-refractivity contribution is 0.0930. The molecule has 0 unspecified atom stereocenters. The van der Waals surface area contributed by atoms with Crippen molar-refractivity contribution < 1.29 is 9.18 Å². The number of aryl methyl sites for hydroxylation is 1. The van der Waals surface area contributed by atoms with Gasteiger partial charge in [0.15, 0.2) is 0 Å². The molecule has 1 heterocycles. The van der Waals surface area contributed by atoms with Gasteiger partial charge in [-0.1, -0.05) is 66.7 Å². The molecular formula is C26H23FN4O3. The first-order chi connectivity index (χ1) is 16.3. The first-order valence-corrected chi connectivity index (χ1v) is 10.8. The van der Waals surface area contributed by atoms with Gasteiger partial charge >= 0.3 is 5.69 Å². The van der Waals surface area contributed by atoms with Crippen molar-refractivity contribution in [3.05, 3.63) is 128 Å². The number of amides is 1. The van der Waals surface area contributed by atoms with Gasteiger partial charge in [-0.05, 0) is 36.6 Å². The molecule has 3 aromatic carbocycles. The fourth-order valence-corrected chi connectivity index (χ4v) is 3.53. The first-order valence-electron chi connectivity index (χ1n) is 10.8. The predicted octanol–water partition coefficient (Wildman–Crippen LogP) is 3.38. The fourth-order valence-electron chi connectivity index (χ4n) is 3.53. The molecule has 0 saturated carbocycles. The highest BCUT2D eigenvalue weighted by Gasteiger charge is 2.22. The summed E-state index contributed by atoms with van der Waals surface area (Å²) in [6.45, 7) is 3.31. The third-order valence-electron chi connectivity index (χ3n) is 5.51. The Hall–Kier alpha value is -4.33. The van der Waals surface area contributed by atoms with Crippen LogP contribution in [0.25, 0.3) is 5.69 Å². The second-order valence-corrected chi connectivity index (χ2v) is 7.96. The van der Waals surface area contributed by atoms with Gasteiger partial charge in [0.2, 0.25) is 5.69 Å². The SMILES string of the molecule is Cc1ccc(-n2nc(C(=O)N[C@H](C)c3ccccc3)c(=O)n(Cc3ccccc3)c2=O)cc1F. The van der Waals surface area contributed by atoms with Gasteiger partial charge in [0.1, 0.15) is 5.82 Å². The number of benzene rings is 3. The number of carbonyl (C=O) groups is 1. The second kappa shape index (κ2) is 9.66. The summed E-state index contributed by atoms with van der Waals surface area (Å²) in [5.74, 6) is -1.26. The van der Waals surface area contributed by atoms with Crippen LogP contribution in [0.2, 0.25) is 0 Å². The first kappa shape index (κ1) is 22.8. The van der Waals surface area contributed by atoms with Gasteiger partial charge in [-0.25, -0.2) is 9.18 Å². The summed E-state index contributed by atoms with van der Waals surface area (Å²) in [4.78, 5) is 39.5. The van der Waals surface area contributed by atoms with E-state index in [-0.39, 0.29) is 12.2 Å². The van der Waals surface area contributed by atoms with E-state index >= 15 is 0 Å². The summed E-state index contributed by atoms with van der Waals surface area (Å²) in [5.41, 5.74) is -0.0171. The highest BCUT2D eigenvalue weighted by molar-refractivity contribution is 5.92. The zero-order valence-electron chi connectivity index (χ0n) is 18.7. The minimum Gasteiger partial charge on any atom is -0.344 e. The number of halogens is 1. The monoisotopic (exact) mass is 458 g/mol. The standard InChI is InChI=1S/C26H23FN4O3/c1-17-13-14-21(15-22(17)27)31-26(34)30(16-19-9-5-3-6-10-19)25(33)23(29-31)24(32)28-18(2)20-11-7-4-8-12-20/h3-15,18H,16H2,1-2H3,(H,28,32)/t18-/m1/s1. The minimum absolute atomic E-state index is 0.0656. The molecule has 0 aliphatic carbocycles. The molecule has 0 bridgehead atoms. The number of aromatic nitrogens is 3. The van der Waals surface area contributed by atoms with Gasteiger partial charge in [0.05, 0.1) is 18.3 Å². The maximum atomic E-state index is 14.3. The van der Waals surface area contributed by atoms with Crippen LogP contribution in [0.5, 0.6) is 0 Å². The predicted molar refractivity (Wildman–Crippen MR) is 127 cm³/mol. The van der Waals surface area contributed by atoms with Crippen LogP contribution in [0.4, 0.5) is 4.39 Å². The zero-order chi connectivity index (χ0) is 24.2. The molecule has 172 valence electrons. The molecule has 0 spiro atoms. The number of nitrogens with one attached hydrogen (secondary N) is 1. The Bertz CT molecular complexity index is 1450. The van der Waals surface area contributed by atoms with Crippen molar-refractivity contribution in [2.24, 2.45) is 0 Å². The van der Waals surface area contributed by atoms with Crippen LogP contribution >= 0.6 is 0 Å². The average molecular weight is 458 g/mol. The molecule has 0 radical (unpaired) electrons. The molecule has 4 rings (SSSR count). The number of carbonyl (C=O) groups excluding carboxylic acids is 1. The molecule has 1 atom stereocenters. The van der Waals surface area contributed by atoms with Gasteiger partial charge < -0.3 is 5.32 Å². The van der Waals surface area contributed by atoms with E-state index in [1.54, 1.807) is 38.1 Å². The van der Waals surface area contributed by atoms with Crippen LogP contribution in [0, 0.1) is 12.7 Å². The van der Waals surface area contributed by atoms with Crippen molar-refractivity contribution in [3.8, 4) is 5.69 Å². The van der Waals surface area contributed by atoms with E-state index in [9.17, 15) is 18.8 Å². The Morgan fingerprint density at radius 3 is 2.29 bits per heavy atom. The summed E-state index contributed by atoms with van der Waals surface area (Å²) in [5, 5.41) is 6.81. The lowest BCUT2D eigenvalue weighted by Gasteiger charge is -2.16. The summed E-state index contributed by atoms with van der Waals surface area (Å²) < 4.78 is 16.1. The summed E-state index contributed by atoms with van der Waals surface area (Å²) in [6.07, 6.45) is 0. The van der Waals surface area contributed by atoms with Crippen molar-refractivity contribution in [2.75, 3.05) is 0 Å². The van der Waals surface area contributed by atoms with Crippen molar-refractivity contribution in [2.45, 2.75) is 26.4 Å². The van der Waals surface area contributed by atoms with Crippen LogP contribution < -0.4 is 16.6 Å². The van der Waals surface area contributed by atoms with Gasteiger partial charge in [-0.2, -0.15) is 9.78 Å². The Balaban J connectivity index is 1.82. The fraction of sp³-hybridized carbons (Fsp3) is 0.154. The lowest BCUT2D eigenvalue weighted by atomic mass is 10.1. The minimum atomic E-state index is -0.824. The number of nitrogens with zero attached hydrogens (tertiary/aromatic N) is 3. The molecular weight excluding hydrogens is 435 g/mol. The summed E-state index contributed by atoms with van der Waals surface area (Å²) in [7, 11) is 0. The van der Waals surface area contributed by atoms with Crippen molar-refractivity contribution in [1.29, 1.82) is 0 Å². The van der Waals surface area contributed by atoms with E-state index in [2.05, 4.69) is 10.4 Å². The van der Waals surface area contributed by atoms with Gasteiger partial charge in [-0.15, -0.1) is 0 Å². The molecule has 0 saturated heterocycles. The topological polar surface area (TPSA) is 86.0 Å². The van der Waals surface area contributed by atoms with Crippen LogP contribution in [-0.4, -0.2) is 20.3 Å². The van der Waals surface area contributed by atoms with E-state index in [0.717, 1.165) is 20.9 Å². The van der Waals surface area contributed by atoms with Crippen LogP contribution in [-0.2, 0) is 6.54 Å². The Morgan fingerprint density at radius 2 is 1.65 bits per heavy atom. The molecule has 0 aliphatic heterocycles. The smallest absolute Gasteiger partial charge is 0.344 e. The largest absolute Gasteiger partial charge is 0.352 e. The van der Waals surface area contributed by atoms with Crippen LogP contribution in [0.3, 0.4) is 0 Å². The Kier molecular flexibility index (Phi) is 6.49. The second-order valence-electron chi connectivity index (χ2n) is 7.96.